The van der Waals surface area contributed by atoms with Gasteiger partial charge in [-0.05, 0) is 91.6 Å². The molecule has 3 aliphatic carbocycles. The Morgan fingerprint density at radius 2 is 1.88 bits per heavy atom. The zero-order valence-electron chi connectivity index (χ0n) is 19.6. The molecule has 3 fully saturated rings. The van der Waals surface area contributed by atoms with Crippen molar-refractivity contribution in [3.63, 3.8) is 0 Å². The van der Waals surface area contributed by atoms with Crippen molar-refractivity contribution >= 4 is 11.7 Å². The van der Waals surface area contributed by atoms with E-state index in [2.05, 4.69) is 31.1 Å². The van der Waals surface area contributed by atoms with Gasteiger partial charge in [0.15, 0.2) is 0 Å². The number of rotatable bonds is 5. The van der Waals surface area contributed by atoms with Crippen molar-refractivity contribution in [2.45, 2.75) is 64.9 Å². The molecule has 7 atom stereocenters. The summed E-state index contributed by atoms with van der Waals surface area (Å²) in [5.41, 5.74) is 2.26. The fraction of sp³-hybridized carbons (Fsp3) is 0.667. The molecule has 176 valence electrons. The molecule has 4 N–H and O–H groups in total. The van der Waals surface area contributed by atoms with Crippen LogP contribution in [-0.4, -0.2) is 35.5 Å². The third-order valence-electron chi connectivity index (χ3n) is 9.49. The number of para-hydroxylation sites is 1. The van der Waals surface area contributed by atoms with Gasteiger partial charge in [0.05, 0.1) is 6.10 Å². The monoisotopic (exact) mass is 440 g/mol. The number of aliphatic hydroxyl groups excluding tert-OH is 2. The van der Waals surface area contributed by atoms with Gasteiger partial charge in [-0.25, -0.2) is 4.79 Å². The summed E-state index contributed by atoms with van der Waals surface area (Å²) in [5.74, 6) is 1.34. The third kappa shape index (κ3) is 4.22. The molecule has 0 aromatic heterocycles. The molecule has 1 aromatic rings. The molecule has 32 heavy (non-hydrogen) atoms. The van der Waals surface area contributed by atoms with E-state index in [1.54, 1.807) is 0 Å². The number of urea groups is 1. The second-order valence-electron chi connectivity index (χ2n) is 11.0. The van der Waals surface area contributed by atoms with Crippen LogP contribution in [0, 0.1) is 34.5 Å². The molecule has 0 aliphatic heterocycles. The lowest BCUT2D eigenvalue weighted by molar-refractivity contribution is -0.0927. The molecule has 0 bridgehead atoms. The lowest BCUT2D eigenvalue weighted by Gasteiger charge is -2.56. The minimum absolute atomic E-state index is 0.0263. The molecule has 0 spiro atoms. The summed E-state index contributed by atoms with van der Waals surface area (Å²) in [6.45, 7) is 9.87. The minimum atomic E-state index is -0.312. The molecule has 2 amide bonds. The summed E-state index contributed by atoms with van der Waals surface area (Å²) in [4.78, 5) is 12.7. The Bertz CT molecular complexity index is 827. The highest BCUT2D eigenvalue weighted by molar-refractivity contribution is 5.89. The number of fused-ring (bicyclic) bond motifs is 1. The molecule has 0 saturated heterocycles. The van der Waals surface area contributed by atoms with Crippen LogP contribution in [0.2, 0.25) is 0 Å². The molecular formula is C27H40N2O3. The Balaban J connectivity index is 1.55. The average molecular weight is 441 g/mol. The van der Waals surface area contributed by atoms with Gasteiger partial charge in [-0.1, -0.05) is 44.2 Å². The predicted molar refractivity (Wildman–Crippen MR) is 128 cm³/mol. The summed E-state index contributed by atoms with van der Waals surface area (Å²) >= 11 is 0. The van der Waals surface area contributed by atoms with E-state index >= 15 is 0 Å². The molecule has 0 radical (unpaired) electrons. The molecule has 5 nitrogen and oxygen atoms in total. The van der Waals surface area contributed by atoms with Gasteiger partial charge in [-0.2, -0.15) is 0 Å². The van der Waals surface area contributed by atoms with Crippen molar-refractivity contribution in [2.75, 3.05) is 18.5 Å². The molecular weight excluding hydrogens is 400 g/mol. The molecule has 3 aliphatic rings. The van der Waals surface area contributed by atoms with E-state index in [1.165, 1.54) is 5.57 Å². The first-order chi connectivity index (χ1) is 15.3. The van der Waals surface area contributed by atoms with Gasteiger partial charge in [-0.15, -0.1) is 0 Å². The van der Waals surface area contributed by atoms with Crippen LogP contribution in [0.1, 0.15) is 58.8 Å². The first-order valence-electron chi connectivity index (χ1n) is 12.3. The largest absolute Gasteiger partial charge is 0.396 e. The van der Waals surface area contributed by atoms with Gasteiger partial charge in [0.2, 0.25) is 0 Å². The number of allylic oxidation sites excluding steroid dienone is 1. The van der Waals surface area contributed by atoms with Crippen LogP contribution in [0.15, 0.2) is 42.5 Å². The maximum atomic E-state index is 12.7. The molecule has 4 rings (SSSR count). The van der Waals surface area contributed by atoms with Gasteiger partial charge in [0, 0.05) is 18.8 Å². The Hall–Kier alpha value is -1.85. The van der Waals surface area contributed by atoms with Crippen molar-refractivity contribution in [2.24, 2.45) is 34.5 Å². The lowest BCUT2D eigenvalue weighted by atomic mass is 9.49. The number of anilines is 1. The van der Waals surface area contributed by atoms with Gasteiger partial charge in [-0.3, -0.25) is 0 Å². The average Bonchev–Trinajstić information content (AvgIpc) is 3.09. The molecule has 3 saturated carbocycles. The fourth-order valence-corrected chi connectivity index (χ4v) is 7.37. The smallest absolute Gasteiger partial charge is 0.319 e. The van der Waals surface area contributed by atoms with E-state index < -0.39 is 0 Å². The molecule has 0 unspecified atom stereocenters. The highest BCUT2D eigenvalue weighted by atomic mass is 16.3. The van der Waals surface area contributed by atoms with Crippen LogP contribution in [0.25, 0.3) is 0 Å². The van der Waals surface area contributed by atoms with Crippen LogP contribution in [0.4, 0.5) is 10.5 Å². The number of aliphatic hydroxyl groups is 2. The zero-order valence-corrected chi connectivity index (χ0v) is 19.6. The number of benzene rings is 1. The van der Waals surface area contributed by atoms with Crippen molar-refractivity contribution in [3.8, 4) is 0 Å². The third-order valence-corrected chi connectivity index (χ3v) is 9.49. The number of carbonyl (C=O) groups is 1. The van der Waals surface area contributed by atoms with E-state index in [1.807, 2.05) is 30.3 Å². The van der Waals surface area contributed by atoms with Crippen molar-refractivity contribution in [1.82, 2.24) is 5.32 Å². The van der Waals surface area contributed by atoms with Gasteiger partial charge < -0.3 is 20.8 Å². The van der Waals surface area contributed by atoms with Crippen LogP contribution in [0.3, 0.4) is 0 Å². The SMILES string of the molecule is C=C1CC[C@H]2[C@H](CNC(=O)Nc3ccccc3)[C@@H]([C@]3(C)CC[C@H](O)C[C@@H]3CO)CC[C@]12C. The normalized spacial score (nSPS) is 39.4. The Morgan fingerprint density at radius 3 is 2.59 bits per heavy atom. The molecule has 0 heterocycles. The van der Waals surface area contributed by atoms with E-state index in [9.17, 15) is 15.0 Å². The second-order valence-corrected chi connectivity index (χ2v) is 11.0. The van der Waals surface area contributed by atoms with Crippen molar-refractivity contribution < 1.29 is 15.0 Å². The number of carbonyl (C=O) groups excluding carboxylic acids is 1. The van der Waals surface area contributed by atoms with Gasteiger partial charge >= 0.3 is 6.03 Å². The molecule has 5 heteroatoms. The Kier molecular flexibility index (Phi) is 6.69. The minimum Gasteiger partial charge on any atom is -0.396 e. The van der Waals surface area contributed by atoms with Crippen LogP contribution < -0.4 is 10.6 Å². The van der Waals surface area contributed by atoms with Crippen molar-refractivity contribution in [1.29, 1.82) is 0 Å². The summed E-state index contributed by atoms with van der Waals surface area (Å²) < 4.78 is 0. The van der Waals surface area contributed by atoms with E-state index in [-0.39, 0.29) is 35.5 Å². The second kappa shape index (κ2) is 9.18. The highest BCUT2D eigenvalue weighted by Gasteiger charge is 2.56. The quantitative estimate of drug-likeness (QED) is 0.488. The van der Waals surface area contributed by atoms with E-state index in [0.29, 0.717) is 30.7 Å². The first-order valence-corrected chi connectivity index (χ1v) is 12.3. The first kappa shape index (κ1) is 23.3. The summed E-state index contributed by atoms with van der Waals surface area (Å²) in [6.07, 6.45) is 6.50. The van der Waals surface area contributed by atoms with Gasteiger partial charge in [0.25, 0.3) is 0 Å². The topological polar surface area (TPSA) is 81.6 Å². The van der Waals surface area contributed by atoms with Crippen LogP contribution in [-0.2, 0) is 0 Å². The van der Waals surface area contributed by atoms with E-state index in [4.69, 9.17) is 0 Å². The van der Waals surface area contributed by atoms with Crippen molar-refractivity contribution in [3.05, 3.63) is 42.5 Å². The highest BCUT2D eigenvalue weighted by Crippen LogP contribution is 2.63. The van der Waals surface area contributed by atoms with Crippen LogP contribution >= 0.6 is 0 Å². The zero-order chi connectivity index (χ0) is 22.9. The number of hydrogen-bond donors (Lipinski definition) is 4. The Morgan fingerprint density at radius 1 is 1.12 bits per heavy atom. The maximum Gasteiger partial charge on any atom is 0.319 e. The maximum absolute atomic E-state index is 12.7. The Labute approximate surface area is 192 Å². The number of amides is 2. The standard InChI is InChI=1S/C27H40N2O3/c1-18-9-10-23-22(16-28-25(32)29-20-7-5-4-6-8-20)24(12-14-26(18,23)2)27(3)13-11-21(31)15-19(27)17-30/h4-8,19,21-24,30-31H,1,9-17H2,2-3H3,(H2,28,29,32)/t19-,21+,22+,23+,24+,26-,27-/m1/s1. The van der Waals surface area contributed by atoms with Crippen LogP contribution in [0.5, 0.6) is 0 Å². The predicted octanol–water partition coefficient (Wildman–Crippen LogP) is 4.97. The summed E-state index contributed by atoms with van der Waals surface area (Å²) in [5, 5.41) is 26.6. The number of hydrogen-bond acceptors (Lipinski definition) is 3. The van der Waals surface area contributed by atoms with Gasteiger partial charge in [0.1, 0.15) is 0 Å². The summed E-state index contributed by atoms with van der Waals surface area (Å²) in [7, 11) is 0. The number of nitrogens with one attached hydrogen (secondary N) is 2. The summed E-state index contributed by atoms with van der Waals surface area (Å²) in [6, 6.07) is 9.37. The van der Waals surface area contributed by atoms with E-state index in [0.717, 1.165) is 44.2 Å². The fourth-order valence-electron chi connectivity index (χ4n) is 7.37. The lowest BCUT2D eigenvalue weighted by Crippen LogP contribution is -2.53. The molecule has 1 aromatic carbocycles.